The molecule has 0 unspecified atom stereocenters. The number of anilines is 1. The summed E-state index contributed by atoms with van der Waals surface area (Å²) in [5.41, 5.74) is -0.762. The zero-order valence-electron chi connectivity index (χ0n) is 11.9. The highest BCUT2D eigenvalue weighted by Gasteiger charge is 2.36. The number of carbonyl (C=O) groups is 1. The van der Waals surface area contributed by atoms with Crippen LogP contribution in [0.25, 0.3) is 5.78 Å². The Morgan fingerprint density at radius 2 is 1.96 bits per heavy atom. The number of benzene rings is 1. The Kier molecular flexibility index (Phi) is 4.17. The Hall–Kier alpha value is -2.59. The van der Waals surface area contributed by atoms with Crippen LogP contribution in [0.1, 0.15) is 16.2 Å². The Balaban J connectivity index is 2.04. The molecule has 0 fully saturated rings. The lowest BCUT2D eigenvalue weighted by atomic mass is 10.2. The molecule has 0 atom stereocenters. The number of carbonyl (C=O) groups excluding carboxylic acids is 1. The molecule has 2 aromatic heterocycles. The van der Waals surface area contributed by atoms with Crippen molar-refractivity contribution < 1.29 is 18.0 Å². The Morgan fingerprint density at radius 1 is 1.24 bits per heavy atom. The maximum atomic E-state index is 12.7. The van der Waals surface area contributed by atoms with Crippen LogP contribution in [-0.4, -0.2) is 25.5 Å². The van der Waals surface area contributed by atoms with Gasteiger partial charge in [-0.15, -0.1) is 5.10 Å². The summed E-state index contributed by atoms with van der Waals surface area (Å²) in [6.45, 7) is 0. The van der Waals surface area contributed by atoms with Gasteiger partial charge in [-0.05, 0) is 18.2 Å². The fraction of sp³-hybridized carbons (Fsp3) is 0.0769. The van der Waals surface area contributed by atoms with Crippen molar-refractivity contribution in [2.75, 3.05) is 5.32 Å². The average Bonchev–Trinajstić information content (AvgIpc) is 2.91. The average molecular weight is 392 g/mol. The summed E-state index contributed by atoms with van der Waals surface area (Å²) in [4.78, 5) is 29.1. The molecule has 2 heterocycles. The van der Waals surface area contributed by atoms with Crippen LogP contribution in [0.5, 0.6) is 0 Å². The third-order valence-electron chi connectivity index (χ3n) is 3.01. The molecule has 0 aliphatic rings. The maximum absolute atomic E-state index is 12.7. The second-order valence-corrected chi connectivity index (χ2v) is 5.61. The minimum absolute atomic E-state index is 0.00987. The molecule has 0 saturated heterocycles. The van der Waals surface area contributed by atoms with Gasteiger partial charge >= 0.3 is 6.18 Å². The summed E-state index contributed by atoms with van der Waals surface area (Å²) in [5.74, 6) is -3.01. The number of H-pyrrole nitrogens is 1. The highest BCUT2D eigenvalue weighted by atomic mass is 35.5. The highest BCUT2D eigenvalue weighted by molar-refractivity contribution is 6.37. The molecule has 0 bridgehead atoms. The van der Waals surface area contributed by atoms with Gasteiger partial charge in [-0.2, -0.15) is 22.7 Å². The quantitative estimate of drug-likeness (QED) is 0.702. The topological polar surface area (TPSA) is 92.1 Å². The molecule has 7 nitrogen and oxygen atoms in total. The fourth-order valence-electron chi connectivity index (χ4n) is 1.96. The molecule has 3 aromatic rings. The van der Waals surface area contributed by atoms with E-state index in [0.717, 1.165) is 6.07 Å². The van der Waals surface area contributed by atoms with E-state index in [0.29, 0.717) is 9.54 Å². The Morgan fingerprint density at radius 3 is 2.60 bits per heavy atom. The van der Waals surface area contributed by atoms with Gasteiger partial charge < -0.3 is 5.32 Å². The molecule has 2 N–H and O–H groups in total. The van der Waals surface area contributed by atoms with Crippen LogP contribution in [0.3, 0.4) is 0 Å². The van der Waals surface area contributed by atoms with Gasteiger partial charge in [0.15, 0.2) is 0 Å². The van der Waals surface area contributed by atoms with E-state index >= 15 is 0 Å². The van der Waals surface area contributed by atoms with Crippen LogP contribution in [0.15, 0.2) is 29.1 Å². The number of aromatic nitrogens is 4. The standard InChI is InChI=1S/C13H6Cl2F3N5O2/c14-5-1-2-6(7(15)3-5)10(25)19-8-4-9(24)20-12-21-11(13(16,17)18)22-23(8)12/h1-4H,(H,19,25)(H,20,21,22,24). The third kappa shape index (κ3) is 3.44. The van der Waals surface area contributed by atoms with Gasteiger partial charge in [0.2, 0.25) is 5.78 Å². The molecule has 12 heteroatoms. The number of aromatic amines is 1. The van der Waals surface area contributed by atoms with Crippen LogP contribution in [0.2, 0.25) is 10.0 Å². The second kappa shape index (κ2) is 6.05. The molecule has 1 aromatic carbocycles. The monoisotopic (exact) mass is 391 g/mol. The van der Waals surface area contributed by atoms with Crippen LogP contribution in [-0.2, 0) is 6.18 Å². The zero-order valence-corrected chi connectivity index (χ0v) is 13.4. The van der Waals surface area contributed by atoms with E-state index in [9.17, 15) is 22.8 Å². The van der Waals surface area contributed by atoms with Gasteiger partial charge in [-0.3, -0.25) is 14.6 Å². The number of nitrogens with one attached hydrogen (secondary N) is 2. The van der Waals surface area contributed by atoms with E-state index in [1.165, 1.54) is 18.2 Å². The largest absolute Gasteiger partial charge is 0.453 e. The summed E-state index contributed by atoms with van der Waals surface area (Å²) in [6, 6.07) is 4.92. The number of amides is 1. The molecule has 0 aliphatic heterocycles. The van der Waals surface area contributed by atoms with Gasteiger partial charge in [0.1, 0.15) is 5.82 Å². The minimum Gasteiger partial charge on any atom is -0.306 e. The van der Waals surface area contributed by atoms with Crippen molar-refractivity contribution in [2.45, 2.75) is 6.18 Å². The van der Waals surface area contributed by atoms with E-state index in [2.05, 4.69) is 20.4 Å². The number of fused-ring (bicyclic) bond motifs is 1. The molecule has 0 saturated carbocycles. The first kappa shape index (κ1) is 17.2. The van der Waals surface area contributed by atoms with Crippen molar-refractivity contribution in [3.8, 4) is 0 Å². The minimum atomic E-state index is -4.82. The van der Waals surface area contributed by atoms with Crippen LogP contribution >= 0.6 is 23.2 Å². The van der Waals surface area contributed by atoms with E-state index < -0.39 is 29.2 Å². The molecule has 0 radical (unpaired) electrons. The first-order valence-electron chi connectivity index (χ1n) is 6.49. The van der Waals surface area contributed by atoms with Gasteiger partial charge in [0, 0.05) is 11.1 Å². The second-order valence-electron chi connectivity index (χ2n) is 4.77. The zero-order chi connectivity index (χ0) is 18.4. The lowest BCUT2D eigenvalue weighted by molar-refractivity contribution is -0.144. The van der Waals surface area contributed by atoms with E-state index in [4.69, 9.17) is 23.2 Å². The molecule has 0 spiro atoms. The van der Waals surface area contributed by atoms with Crippen molar-refractivity contribution in [1.82, 2.24) is 19.6 Å². The first-order valence-corrected chi connectivity index (χ1v) is 7.24. The Labute approximate surface area is 146 Å². The first-order chi connectivity index (χ1) is 11.6. The van der Waals surface area contributed by atoms with Crippen LogP contribution in [0.4, 0.5) is 19.0 Å². The third-order valence-corrected chi connectivity index (χ3v) is 3.56. The summed E-state index contributed by atoms with van der Waals surface area (Å²) in [7, 11) is 0. The normalized spacial score (nSPS) is 11.7. The van der Waals surface area contributed by atoms with E-state index in [1.807, 2.05) is 0 Å². The summed E-state index contributed by atoms with van der Waals surface area (Å²) >= 11 is 11.6. The van der Waals surface area contributed by atoms with Crippen molar-refractivity contribution in [3.63, 3.8) is 0 Å². The van der Waals surface area contributed by atoms with Gasteiger partial charge in [0.05, 0.1) is 10.6 Å². The van der Waals surface area contributed by atoms with E-state index in [-0.39, 0.29) is 16.4 Å². The maximum Gasteiger partial charge on any atom is 0.453 e. The number of halogens is 5. The van der Waals surface area contributed by atoms with Crippen LogP contribution in [0, 0.1) is 0 Å². The van der Waals surface area contributed by atoms with Gasteiger partial charge in [-0.25, -0.2) is 0 Å². The molecule has 0 aliphatic carbocycles. The molecule has 130 valence electrons. The SMILES string of the molecule is O=C(Nc1cc(=O)[nH]c2nc(C(F)(F)F)nn12)c1ccc(Cl)cc1Cl. The number of nitrogens with zero attached hydrogens (tertiary/aromatic N) is 3. The predicted molar refractivity (Wildman–Crippen MR) is 83.0 cm³/mol. The molecule has 25 heavy (non-hydrogen) atoms. The lowest BCUT2D eigenvalue weighted by Crippen LogP contribution is -2.19. The fourth-order valence-corrected chi connectivity index (χ4v) is 2.45. The number of hydrogen-bond acceptors (Lipinski definition) is 4. The molecular weight excluding hydrogens is 386 g/mol. The van der Waals surface area contributed by atoms with Crippen molar-refractivity contribution in [2.24, 2.45) is 0 Å². The molecule has 3 rings (SSSR count). The molecular formula is C13H6Cl2F3N5O2. The summed E-state index contributed by atoms with van der Waals surface area (Å²) in [5, 5.41) is 5.85. The highest BCUT2D eigenvalue weighted by Crippen LogP contribution is 2.27. The van der Waals surface area contributed by atoms with Crippen molar-refractivity contribution >= 4 is 40.7 Å². The number of hydrogen-bond donors (Lipinski definition) is 2. The number of alkyl halides is 3. The van der Waals surface area contributed by atoms with Gasteiger partial charge in [-0.1, -0.05) is 23.2 Å². The smallest absolute Gasteiger partial charge is 0.306 e. The number of rotatable bonds is 2. The van der Waals surface area contributed by atoms with Crippen molar-refractivity contribution in [3.05, 3.63) is 56.1 Å². The summed E-state index contributed by atoms with van der Waals surface area (Å²) < 4.78 is 38.8. The Bertz CT molecular complexity index is 1040. The van der Waals surface area contributed by atoms with Crippen molar-refractivity contribution in [1.29, 1.82) is 0 Å². The predicted octanol–water partition coefficient (Wildman–Crippen LogP) is 3.00. The van der Waals surface area contributed by atoms with E-state index in [1.54, 1.807) is 0 Å². The van der Waals surface area contributed by atoms with Crippen LogP contribution < -0.4 is 10.9 Å². The summed E-state index contributed by atoms with van der Waals surface area (Å²) in [6.07, 6.45) is -4.82. The molecule has 1 amide bonds. The van der Waals surface area contributed by atoms with Gasteiger partial charge in [0.25, 0.3) is 17.3 Å². The lowest BCUT2D eigenvalue weighted by Gasteiger charge is -2.08.